The van der Waals surface area contributed by atoms with Crippen molar-refractivity contribution in [2.45, 2.75) is 19.3 Å². The standard InChI is InChI=1S/C5H9NO2/c1-2-3-4-5(6-7)8-4/h2-7H,1H3/b3-2+. The highest BCUT2D eigenvalue weighted by Crippen LogP contribution is 2.18. The van der Waals surface area contributed by atoms with E-state index in [0.29, 0.717) is 0 Å². The molecule has 0 aromatic carbocycles. The SMILES string of the molecule is C/C=C/C1OC1NO. The lowest BCUT2D eigenvalue weighted by Gasteiger charge is -1.80. The Hall–Kier alpha value is -0.380. The Morgan fingerprint density at radius 2 is 2.50 bits per heavy atom. The van der Waals surface area contributed by atoms with Crippen molar-refractivity contribution < 1.29 is 9.94 Å². The number of hydrogen-bond donors (Lipinski definition) is 2. The van der Waals surface area contributed by atoms with Gasteiger partial charge in [-0.3, -0.25) is 0 Å². The molecule has 1 rings (SSSR count). The molecule has 0 amide bonds. The zero-order chi connectivity index (χ0) is 5.98. The van der Waals surface area contributed by atoms with Gasteiger partial charge in [0.25, 0.3) is 0 Å². The first kappa shape index (κ1) is 5.75. The summed E-state index contributed by atoms with van der Waals surface area (Å²) in [6.07, 6.45) is 3.70. The molecule has 0 aromatic heterocycles. The van der Waals surface area contributed by atoms with Crippen LogP contribution in [0.4, 0.5) is 0 Å². The molecule has 1 aliphatic rings. The highest BCUT2D eigenvalue weighted by atomic mass is 16.7. The van der Waals surface area contributed by atoms with E-state index < -0.39 is 0 Å². The van der Waals surface area contributed by atoms with Crippen LogP contribution in [0.1, 0.15) is 6.92 Å². The minimum Gasteiger partial charge on any atom is -0.347 e. The second kappa shape index (κ2) is 2.26. The quantitative estimate of drug-likeness (QED) is 0.308. The summed E-state index contributed by atoms with van der Waals surface area (Å²) in [7, 11) is 0. The first-order valence-electron chi connectivity index (χ1n) is 2.56. The molecular formula is C5H9NO2. The molecule has 3 heteroatoms. The molecule has 2 atom stereocenters. The lowest BCUT2D eigenvalue weighted by Crippen LogP contribution is -2.12. The summed E-state index contributed by atoms with van der Waals surface area (Å²) >= 11 is 0. The van der Waals surface area contributed by atoms with E-state index in [2.05, 4.69) is 0 Å². The predicted octanol–water partition coefficient (Wildman–Crippen LogP) is 0.266. The number of hydrogen-bond acceptors (Lipinski definition) is 3. The molecule has 3 nitrogen and oxygen atoms in total. The third-order valence-corrected chi connectivity index (χ3v) is 1.03. The smallest absolute Gasteiger partial charge is 0.160 e. The summed E-state index contributed by atoms with van der Waals surface area (Å²) in [4.78, 5) is 0. The molecule has 0 spiro atoms. The van der Waals surface area contributed by atoms with Crippen LogP contribution in [0, 0.1) is 0 Å². The maximum Gasteiger partial charge on any atom is 0.160 e. The van der Waals surface area contributed by atoms with Gasteiger partial charge in [0, 0.05) is 0 Å². The van der Waals surface area contributed by atoms with Gasteiger partial charge in [0.15, 0.2) is 6.23 Å². The average molecular weight is 115 g/mol. The van der Waals surface area contributed by atoms with Crippen molar-refractivity contribution in [3.8, 4) is 0 Å². The van der Waals surface area contributed by atoms with Crippen LogP contribution in [-0.4, -0.2) is 17.5 Å². The topological polar surface area (TPSA) is 44.8 Å². The van der Waals surface area contributed by atoms with E-state index >= 15 is 0 Å². The highest BCUT2D eigenvalue weighted by Gasteiger charge is 2.35. The second-order valence-electron chi connectivity index (χ2n) is 1.68. The highest BCUT2D eigenvalue weighted by molar-refractivity contribution is 4.98. The molecule has 1 saturated heterocycles. The van der Waals surface area contributed by atoms with E-state index in [9.17, 15) is 0 Å². The van der Waals surface area contributed by atoms with Gasteiger partial charge >= 0.3 is 0 Å². The number of epoxide rings is 1. The molecule has 0 aliphatic carbocycles. The van der Waals surface area contributed by atoms with E-state index in [-0.39, 0.29) is 12.3 Å². The molecular weight excluding hydrogens is 106 g/mol. The maximum atomic E-state index is 8.19. The van der Waals surface area contributed by atoms with Crippen molar-refractivity contribution in [2.24, 2.45) is 0 Å². The van der Waals surface area contributed by atoms with Gasteiger partial charge in [0.1, 0.15) is 6.10 Å². The summed E-state index contributed by atoms with van der Waals surface area (Å²) in [6, 6.07) is 0. The van der Waals surface area contributed by atoms with Crippen molar-refractivity contribution >= 4 is 0 Å². The van der Waals surface area contributed by atoms with Gasteiger partial charge in [-0.25, -0.2) is 0 Å². The second-order valence-corrected chi connectivity index (χ2v) is 1.68. The number of nitrogens with one attached hydrogen (secondary N) is 1. The zero-order valence-corrected chi connectivity index (χ0v) is 4.66. The largest absolute Gasteiger partial charge is 0.347 e. The molecule has 0 bridgehead atoms. The molecule has 8 heavy (non-hydrogen) atoms. The minimum atomic E-state index is -0.161. The van der Waals surface area contributed by atoms with Crippen LogP contribution < -0.4 is 5.48 Å². The van der Waals surface area contributed by atoms with Gasteiger partial charge in [0.05, 0.1) is 0 Å². The molecule has 0 aromatic rings. The van der Waals surface area contributed by atoms with Crippen LogP contribution in [0.15, 0.2) is 12.2 Å². The zero-order valence-electron chi connectivity index (χ0n) is 4.66. The summed E-state index contributed by atoms with van der Waals surface area (Å²) in [5, 5.41) is 8.19. The Morgan fingerprint density at radius 3 is 2.88 bits per heavy atom. The van der Waals surface area contributed by atoms with Crippen LogP contribution >= 0.6 is 0 Å². The number of ether oxygens (including phenoxy) is 1. The van der Waals surface area contributed by atoms with Gasteiger partial charge in [0.2, 0.25) is 0 Å². The fourth-order valence-corrected chi connectivity index (χ4v) is 0.564. The maximum absolute atomic E-state index is 8.19. The van der Waals surface area contributed by atoms with E-state index in [1.54, 1.807) is 0 Å². The van der Waals surface area contributed by atoms with Crippen LogP contribution in [0.3, 0.4) is 0 Å². The summed E-state index contributed by atoms with van der Waals surface area (Å²) in [6.45, 7) is 1.91. The summed E-state index contributed by atoms with van der Waals surface area (Å²) in [5.74, 6) is 0. The van der Waals surface area contributed by atoms with Crippen LogP contribution in [0.2, 0.25) is 0 Å². The number of rotatable bonds is 2. The van der Waals surface area contributed by atoms with Gasteiger partial charge < -0.3 is 9.94 Å². The number of hydroxylamine groups is 1. The third-order valence-electron chi connectivity index (χ3n) is 1.03. The Labute approximate surface area is 47.9 Å². The van der Waals surface area contributed by atoms with Crippen LogP contribution in [0.25, 0.3) is 0 Å². The molecule has 0 radical (unpaired) electrons. The molecule has 2 N–H and O–H groups in total. The van der Waals surface area contributed by atoms with E-state index in [4.69, 9.17) is 9.94 Å². The Bertz CT molecular complexity index is 103. The Balaban J connectivity index is 2.17. The average Bonchev–Trinajstić information content (AvgIpc) is 2.48. The molecule has 46 valence electrons. The van der Waals surface area contributed by atoms with E-state index in [0.717, 1.165) is 0 Å². The fraction of sp³-hybridized carbons (Fsp3) is 0.600. The minimum absolute atomic E-state index is 0.0880. The fourth-order valence-electron chi connectivity index (χ4n) is 0.564. The van der Waals surface area contributed by atoms with Crippen molar-refractivity contribution in [3.05, 3.63) is 12.2 Å². The van der Waals surface area contributed by atoms with Crippen LogP contribution in [0.5, 0.6) is 0 Å². The van der Waals surface area contributed by atoms with Crippen molar-refractivity contribution in [1.82, 2.24) is 5.48 Å². The molecule has 1 fully saturated rings. The lowest BCUT2D eigenvalue weighted by atomic mass is 10.4. The monoisotopic (exact) mass is 115 g/mol. The summed E-state index contributed by atoms with van der Waals surface area (Å²) in [5.41, 5.74) is 2.00. The van der Waals surface area contributed by atoms with Gasteiger partial charge in [-0.1, -0.05) is 12.2 Å². The first-order valence-corrected chi connectivity index (χ1v) is 2.56. The van der Waals surface area contributed by atoms with Gasteiger partial charge in [-0.2, -0.15) is 5.48 Å². The van der Waals surface area contributed by atoms with Gasteiger partial charge in [-0.15, -0.1) is 0 Å². The third kappa shape index (κ3) is 1.06. The van der Waals surface area contributed by atoms with Crippen LogP contribution in [-0.2, 0) is 4.74 Å². The summed E-state index contributed by atoms with van der Waals surface area (Å²) < 4.78 is 4.86. The Morgan fingerprint density at radius 1 is 1.75 bits per heavy atom. The van der Waals surface area contributed by atoms with E-state index in [1.165, 1.54) is 0 Å². The van der Waals surface area contributed by atoms with Crippen molar-refractivity contribution in [2.75, 3.05) is 0 Å². The molecule has 1 aliphatic heterocycles. The van der Waals surface area contributed by atoms with Gasteiger partial charge in [-0.05, 0) is 6.92 Å². The van der Waals surface area contributed by atoms with Crippen molar-refractivity contribution in [1.29, 1.82) is 0 Å². The Kier molecular flexibility index (Phi) is 1.62. The predicted molar refractivity (Wildman–Crippen MR) is 28.4 cm³/mol. The van der Waals surface area contributed by atoms with E-state index in [1.807, 2.05) is 24.6 Å². The molecule has 2 unspecified atom stereocenters. The molecule has 1 heterocycles. The van der Waals surface area contributed by atoms with Crippen molar-refractivity contribution in [3.63, 3.8) is 0 Å². The first-order chi connectivity index (χ1) is 3.88. The lowest BCUT2D eigenvalue weighted by molar-refractivity contribution is 0.119. The number of allylic oxidation sites excluding steroid dienone is 1. The normalized spacial score (nSPS) is 36.2. The molecule has 0 saturated carbocycles.